The Kier molecular flexibility index (Phi) is 7.21. The summed E-state index contributed by atoms with van der Waals surface area (Å²) in [5.74, 6) is 0. The molecule has 2 aromatic heterocycles. The third-order valence-corrected chi connectivity index (χ3v) is 11.2. The molecule has 0 bridgehead atoms. The van der Waals surface area contributed by atoms with Crippen molar-refractivity contribution >= 4 is 54.1 Å². The number of nitrogens with zero attached hydrogens (tertiary/aromatic N) is 2. The second-order valence-electron chi connectivity index (χ2n) is 14.4. The van der Waals surface area contributed by atoms with Crippen molar-refractivity contribution in [1.82, 2.24) is 9.55 Å². The molecule has 0 radical (unpaired) electrons. The molecule has 256 valence electrons. The highest BCUT2D eigenvalue weighted by molar-refractivity contribution is 6.22. The molecule has 2 heterocycles. The van der Waals surface area contributed by atoms with Crippen LogP contribution in [0.25, 0.3) is 104 Å². The minimum absolute atomic E-state index is 1.15. The van der Waals surface area contributed by atoms with Gasteiger partial charge in [0, 0.05) is 28.9 Å². The Hall–Kier alpha value is -7.29. The fourth-order valence-electron chi connectivity index (χ4n) is 8.70. The van der Waals surface area contributed by atoms with E-state index in [0.717, 1.165) is 16.6 Å². The maximum atomic E-state index is 4.50. The van der Waals surface area contributed by atoms with E-state index in [0.29, 0.717) is 0 Å². The lowest BCUT2D eigenvalue weighted by Crippen LogP contribution is -1.93. The molecule has 0 aliphatic rings. The summed E-state index contributed by atoms with van der Waals surface area (Å²) in [5, 5.41) is 9.86. The summed E-state index contributed by atoms with van der Waals surface area (Å²) in [6.07, 6.45) is 3.87. The first kappa shape index (κ1) is 31.3. The Morgan fingerprint density at radius 3 is 1.42 bits per heavy atom. The van der Waals surface area contributed by atoms with Crippen LogP contribution in [0.4, 0.5) is 0 Å². The lowest BCUT2D eigenvalue weighted by atomic mass is 9.85. The van der Waals surface area contributed by atoms with Crippen molar-refractivity contribution in [1.29, 1.82) is 0 Å². The van der Waals surface area contributed by atoms with Gasteiger partial charge in [0.15, 0.2) is 0 Å². The van der Waals surface area contributed by atoms with Crippen molar-refractivity contribution in [3.8, 4) is 50.2 Å². The molecule has 0 unspecified atom stereocenters. The first-order valence-corrected chi connectivity index (χ1v) is 18.9. The van der Waals surface area contributed by atoms with Crippen LogP contribution in [-0.4, -0.2) is 9.55 Å². The normalized spacial score (nSPS) is 11.6. The molecular formula is C53H34N2. The minimum Gasteiger partial charge on any atom is -0.309 e. The Labute approximate surface area is 319 Å². The quantitative estimate of drug-likeness (QED) is 0.164. The standard InChI is InChI=1S/C53H34N2/c1-4-12-35(13-5-1)52-44-18-10-11-19-45(44)53(36-14-6-2-7-15-36)48-33-41(24-26-46(48)52)39-22-20-38-31-40(23-21-37(38)30-39)42-25-27-50-47(32-42)49-34-54-29-28-51(49)55(50)43-16-8-3-9-17-43/h1-34H. The van der Waals surface area contributed by atoms with E-state index in [2.05, 4.69) is 204 Å². The monoisotopic (exact) mass is 698 g/mol. The predicted octanol–water partition coefficient (Wildman–Crippen LogP) is 14.3. The molecule has 0 fully saturated rings. The van der Waals surface area contributed by atoms with Gasteiger partial charge < -0.3 is 4.57 Å². The Morgan fingerprint density at radius 1 is 0.309 bits per heavy atom. The van der Waals surface area contributed by atoms with Gasteiger partial charge in [-0.05, 0) is 125 Å². The van der Waals surface area contributed by atoms with E-state index in [9.17, 15) is 0 Å². The Balaban J connectivity index is 1.04. The van der Waals surface area contributed by atoms with Crippen LogP contribution in [0, 0.1) is 0 Å². The van der Waals surface area contributed by atoms with Crippen LogP contribution >= 0.6 is 0 Å². The van der Waals surface area contributed by atoms with Crippen LogP contribution in [0.1, 0.15) is 0 Å². The van der Waals surface area contributed by atoms with Gasteiger partial charge >= 0.3 is 0 Å². The summed E-state index contributed by atoms with van der Waals surface area (Å²) in [4.78, 5) is 4.50. The minimum atomic E-state index is 1.15. The molecule has 2 nitrogen and oxygen atoms in total. The van der Waals surface area contributed by atoms with Crippen LogP contribution in [0.5, 0.6) is 0 Å². The molecule has 0 spiro atoms. The number of fused-ring (bicyclic) bond motifs is 6. The third kappa shape index (κ3) is 5.15. The molecule has 2 heteroatoms. The Bertz CT molecular complexity index is 3230. The van der Waals surface area contributed by atoms with Crippen LogP contribution < -0.4 is 0 Å². The zero-order valence-corrected chi connectivity index (χ0v) is 30.0. The van der Waals surface area contributed by atoms with Crippen molar-refractivity contribution in [2.75, 3.05) is 0 Å². The van der Waals surface area contributed by atoms with Crippen LogP contribution in [-0.2, 0) is 0 Å². The van der Waals surface area contributed by atoms with Crippen molar-refractivity contribution in [2.24, 2.45) is 0 Å². The van der Waals surface area contributed by atoms with Gasteiger partial charge in [0.1, 0.15) is 0 Å². The zero-order valence-electron chi connectivity index (χ0n) is 30.0. The maximum absolute atomic E-state index is 4.50. The van der Waals surface area contributed by atoms with Gasteiger partial charge in [0.2, 0.25) is 0 Å². The zero-order chi connectivity index (χ0) is 36.3. The summed E-state index contributed by atoms with van der Waals surface area (Å²) >= 11 is 0. The second-order valence-corrected chi connectivity index (χ2v) is 14.4. The van der Waals surface area contributed by atoms with E-state index in [1.165, 1.54) is 87.7 Å². The smallest absolute Gasteiger partial charge is 0.0571 e. The average molecular weight is 699 g/mol. The van der Waals surface area contributed by atoms with Gasteiger partial charge in [-0.3, -0.25) is 4.98 Å². The summed E-state index contributed by atoms with van der Waals surface area (Å²) in [5.41, 5.74) is 13.3. The molecule has 11 aromatic rings. The molecule has 0 aliphatic carbocycles. The molecule has 9 aromatic carbocycles. The van der Waals surface area contributed by atoms with Crippen molar-refractivity contribution < 1.29 is 0 Å². The molecule has 0 saturated carbocycles. The van der Waals surface area contributed by atoms with Crippen molar-refractivity contribution in [2.45, 2.75) is 0 Å². The lowest BCUT2D eigenvalue weighted by molar-refractivity contribution is 1.17. The van der Waals surface area contributed by atoms with Crippen molar-refractivity contribution in [3.05, 3.63) is 207 Å². The lowest BCUT2D eigenvalue weighted by Gasteiger charge is -2.19. The van der Waals surface area contributed by atoms with Gasteiger partial charge in [-0.2, -0.15) is 0 Å². The highest BCUT2D eigenvalue weighted by atomic mass is 15.0. The summed E-state index contributed by atoms with van der Waals surface area (Å²) in [6.45, 7) is 0. The molecule has 0 atom stereocenters. The van der Waals surface area contributed by atoms with E-state index in [-0.39, 0.29) is 0 Å². The van der Waals surface area contributed by atoms with Crippen LogP contribution in [0.2, 0.25) is 0 Å². The SMILES string of the molecule is c1ccc(-c2c3ccccc3c(-c3ccccc3)c3cc(-c4ccc5cc(-c6ccc7c(c6)c6cnccc6n7-c6ccccc6)ccc5c4)ccc23)cc1. The van der Waals surface area contributed by atoms with Gasteiger partial charge in [-0.1, -0.05) is 146 Å². The molecule has 55 heavy (non-hydrogen) atoms. The molecule has 11 rings (SSSR count). The molecule has 0 aliphatic heterocycles. The number of aromatic nitrogens is 2. The van der Waals surface area contributed by atoms with Gasteiger partial charge in [0.05, 0.1) is 11.0 Å². The molecule has 0 amide bonds. The number of rotatable bonds is 5. The summed E-state index contributed by atoms with van der Waals surface area (Å²) < 4.78 is 2.33. The van der Waals surface area contributed by atoms with Gasteiger partial charge in [-0.15, -0.1) is 0 Å². The number of benzene rings is 9. The highest BCUT2D eigenvalue weighted by Gasteiger charge is 2.18. The van der Waals surface area contributed by atoms with Gasteiger partial charge in [-0.25, -0.2) is 0 Å². The third-order valence-electron chi connectivity index (χ3n) is 11.2. The van der Waals surface area contributed by atoms with Gasteiger partial charge in [0.25, 0.3) is 0 Å². The van der Waals surface area contributed by atoms with E-state index in [1.807, 2.05) is 12.4 Å². The maximum Gasteiger partial charge on any atom is 0.0571 e. The predicted molar refractivity (Wildman–Crippen MR) is 233 cm³/mol. The fraction of sp³-hybridized carbons (Fsp3) is 0. The fourth-order valence-corrected chi connectivity index (χ4v) is 8.70. The van der Waals surface area contributed by atoms with Crippen molar-refractivity contribution in [3.63, 3.8) is 0 Å². The van der Waals surface area contributed by atoms with E-state index < -0.39 is 0 Å². The highest BCUT2D eigenvalue weighted by Crippen LogP contribution is 2.45. The molecule has 0 saturated heterocycles. The van der Waals surface area contributed by atoms with E-state index in [1.54, 1.807) is 0 Å². The molecule has 0 N–H and O–H groups in total. The first-order valence-electron chi connectivity index (χ1n) is 18.9. The van der Waals surface area contributed by atoms with E-state index in [4.69, 9.17) is 0 Å². The second kappa shape index (κ2) is 12.7. The summed E-state index contributed by atoms with van der Waals surface area (Å²) in [7, 11) is 0. The largest absolute Gasteiger partial charge is 0.309 e. The number of para-hydroxylation sites is 1. The number of hydrogen-bond acceptors (Lipinski definition) is 1. The molecular weight excluding hydrogens is 665 g/mol. The number of hydrogen-bond donors (Lipinski definition) is 0. The number of pyridine rings is 1. The topological polar surface area (TPSA) is 17.8 Å². The Morgan fingerprint density at radius 2 is 0.782 bits per heavy atom. The van der Waals surface area contributed by atoms with Crippen LogP contribution in [0.3, 0.4) is 0 Å². The van der Waals surface area contributed by atoms with E-state index >= 15 is 0 Å². The van der Waals surface area contributed by atoms with Crippen LogP contribution in [0.15, 0.2) is 207 Å². The first-order chi connectivity index (χ1) is 27.3. The summed E-state index contributed by atoms with van der Waals surface area (Å²) in [6, 6.07) is 70.8. The average Bonchev–Trinajstić information content (AvgIpc) is 3.59.